The summed E-state index contributed by atoms with van der Waals surface area (Å²) >= 11 is 0. The number of rotatable bonds is 5. The van der Waals surface area contributed by atoms with Gasteiger partial charge in [-0.15, -0.1) is 10.2 Å². The van der Waals surface area contributed by atoms with Crippen LogP contribution in [0.2, 0.25) is 0 Å². The predicted octanol–water partition coefficient (Wildman–Crippen LogP) is 4.33. The maximum Gasteiger partial charge on any atom is 0.177 e. The number of nitroso groups, excluding NO2 is 1. The van der Waals surface area contributed by atoms with Gasteiger partial charge in [-0.1, -0.05) is 12.1 Å². The van der Waals surface area contributed by atoms with Crippen LogP contribution in [0.3, 0.4) is 0 Å². The van der Waals surface area contributed by atoms with Crippen LogP contribution in [0.25, 0.3) is 27.7 Å². The van der Waals surface area contributed by atoms with Gasteiger partial charge in [0, 0.05) is 53.5 Å². The smallest absolute Gasteiger partial charge is 0.177 e. The lowest BCUT2D eigenvalue weighted by Gasteiger charge is -2.14. The first kappa shape index (κ1) is 20.7. The number of benzene rings is 1. The Morgan fingerprint density at radius 2 is 1.88 bits per heavy atom. The molecule has 4 heterocycles. The van der Waals surface area contributed by atoms with Crippen LogP contribution >= 0.6 is 0 Å². The lowest BCUT2D eigenvalue weighted by molar-refractivity contribution is 0.546. The van der Waals surface area contributed by atoms with Crippen LogP contribution < -0.4 is 0 Å². The van der Waals surface area contributed by atoms with Crippen molar-refractivity contribution in [2.45, 2.75) is 25.8 Å². The molecule has 0 aliphatic carbocycles. The predicted molar refractivity (Wildman–Crippen MR) is 116 cm³/mol. The van der Waals surface area contributed by atoms with Crippen molar-refractivity contribution >= 4 is 16.6 Å². The van der Waals surface area contributed by atoms with Crippen LogP contribution in [-0.4, -0.2) is 34.6 Å². The molecule has 1 aromatic carbocycles. The summed E-state index contributed by atoms with van der Waals surface area (Å²) in [6.45, 7) is 3.22. The molecule has 5 aromatic rings. The molecule has 0 fully saturated rings. The second-order valence-corrected chi connectivity index (χ2v) is 7.87. The van der Waals surface area contributed by atoms with E-state index < -0.39 is 23.6 Å². The van der Waals surface area contributed by atoms with Crippen molar-refractivity contribution < 1.29 is 8.78 Å². The molecule has 2 atom stereocenters. The Morgan fingerprint density at radius 3 is 2.61 bits per heavy atom. The van der Waals surface area contributed by atoms with Gasteiger partial charge in [0.25, 0.3) is 0 Å². The fraction of sp³-hybridized carbons (Fsp3) is 0.227. The molecule has 0 bridgehead atoms. The van der Waals surface area contributed by atoms with E-state index in [0.29, 0.717) is 16.9 Å². The summed E-state index contributed by atoms with van der Waals surface area (Å²) in [5.41, 5.74) is 2.25. The van der Waals surface area contributed by atoms with Crippen molar-refractivity contribution in [3.8, 4) is 11.1 Å². The minimum Gasteiger partial charge on any atom is -0.275 e. The highest BCUT2D eigenvalue weighted by Gasteiger charge is 2.26. The highest BCUT2D eigenvalue weighted by molar-refractivity contribution is 5.85. The molecule has 0 N–H and O–H groups in total. The minimum atomic E-state index is -0.825. The van der Waals surface area contributed by atoms with Gasteiger partial charge in [-0.25, -0.2) is 8.78 Å². The maximum atomic E-state index is 15.7. The molecular weight excluding hydrogens is 430 g/mol. The van der Waals surface area contributed by atoms with Gasteiger partial charge in [-0.3, -0.25) is 9.67 Å². The van der Waals surface area contributed by atoms with E-state index in [4.69, 9.17) is 0 Å². The van der Waals surface area contributed by atoms with Crippen molar-refractivity contribution in [3.63, 3.8) is 0 Å². The third-order valence-electron chi connectivity index (χ3n) is 5.66. The zero-order valence-corrected chi connectivity index (χ0v) is 17.9. The molecule has 0 spiro atoms. The van der Waals surface area contributed by atoms with E-state index in [1.165, 1.54) is 10.6 Å². The fourth-order valence-corrected chi connectivity index (χ4v) is 3.83. The summed E-state index contributed by atoms with van der Waals surface area (Å²) in [6, 6.07) is 5.39. The summed E-state index contributed by atoms with van der Waals surface area (Å²) in [5.74, 6) is -2.07. The van der Waals surface area contributed by atoms with E-state index in [1.54, 1.807) is 62.4 Å². The molecule has 33 heavy (non-hydrogen) atoms. The highest BCUT2D eigenvalue weighted by atomic mass is 19.1. The van der Waals surface area contributed by atoms with E-state index in [-0.39, 0.29) is 22.3 Å². The number of nitrogens with zero attached hydrogens (tertiary/aromatic N) is 8. The third-order valence-corrected chi connectivity index (χ3v) is 5.66. The summed E-state index contributed by atoms with van der Waals surface area (Å²) in [6.07, 6.45) is 4.99. The lowest BCUT2D eigenvalue weighted by atomic mass is 9.96. The second kappa shape index (κ2) is 7.76. The van der Waals surface area contributed by atoms with Crippen molar-refractivity contribution in [2.75, 3.05) is 0 Å². The first-order valence-electron chi connectivity index (χ1n) is 10.2. The molecule has 0 aliphatic heterocycles. The van der Waals surface area contributed by atoms with E-state index in [0.717, 1.165) is 5.56 Å². The number of aryl methyl sites for hydroxylation is 1. The molecule has 0 aliphatic rings. The van der Waals surface area contributed by atoms with Crippen LogP contribution in [-0.2, 0) is 7.05 Å². The normalized spacial score (nSPS) is 13.5. The van der Waals surface area contributed by atoms with Gasteiger partial charge in [0.2, 0.25) is 0 Å². The first-order valence-corrected chi connectivity index (χ1v) is 10.2. The van der Waals surface area contributed by atoms with Gasteiger partial charge in [0.05, 0.1) is 17.4 Å². The minimum absolute atomic E-state index is 0.171. The van der Waals surface area contributed by atoms with E-state index >= 15 is 8.78 Å². The quantitative estimate of drug-likeness (QED) is 0.371. The molecule has 1 unspecified atom stereocenters. The van der Waals surface area contributed by atoms with Gasteiger partial charge in [-0.05, 0) is 25.1 Å². The number of pyridine rings is 1. The van der Waals surface area contributed by atoms with Crippen LogP contribution in [0, 0.1) is 16.5 Å². The molecule has 9 nitrogen and oxygen atoms in total. The Kier molecular flexibility index (Phi) is 4.88. The number of hydrogen-bond acceptors (Lipinski definition) is 7. The Morgan fingerprint density at radius 1 is 1.06 bits per heavy atom. The summed E-state index contributed by atoms with van der Waals surface area (Å²) in [4.78, 5) is 15.2. The molecule has 0 amide bonds. The molecule has 0 saturated carbocycles. The van der Waals surface area contributed by atoms with Crippen LogP contribution in [0.4, 0.5) is 8.78 Å². The summed E-state index contributed by atoms with van der Waals surface area (Å²) in [7, 11) is 1.78. The van der Waals surface area contributed by atoms with Crippen LogP contribution in [0.15, 0.2) is 48.0 Å². The van der Waals surface area contributed by atoms with Crippen molar-refractivity contribution in [2.24, 2.45) is 12.2 Å². The van der Waals surface area contributed by atoms with Gasteiger partial charge in [0.15, 0.2) is 11.5 Å². The maximum absolute atomic E-state index is 15.7. The Labute approximate surface area is 186 Å². The average Bonchev–Trinajstić information content (AvgIpc) is 3.44. The van der Waals surface area contributed by atoms with Crippen LogP contribution in [0.5, 0.6) is 0 Å². The van der Waals surface area contributed by atoms with Gasteiger partial charge < -0.3 is 0 Å². The average molecular weight is 448 g/mol. The van der Waals surface area contributed by atoms with E-state index in [9.17, 15) is 4.91 Å². The topological polar surface area (TPSA) is 103 Å². The second-order valence-electron chi connectivity index (χ2n) is 7.87. The monoisotopic (exact) mass is 448 g/mol. The van der Waals surface area contributed by atoms with Crippen molar-refractivity contribution in [3.05, 3.63) is 76.5 Å². The third kappa shape index (κ3) is 3.41. The molecule has 11 heteroatoms. The Bertz CT molecular complexity index is 1530. The van der Waals surface area contributed by atoms with E-state index in [2.05, 4.69) is 30.6 Å². The SMILES string of the molecule is CC(N=O)c1ccc2nnc([C@H](C)c3c(F)cc4ncc(-c5cnn(C)c5)cc4c3F)n2n1. The Hall–Kier alpha value is -4.15. The molecule has 5 rings (SSSR count). The lowest BCUT2D eigenvalue weighted by Crippen LogP contribution is -2.11. The number of aromatic nitrogens is 7. The standard InChI is InChI=1S/C22H18F2N8O/c1-11(22-28-27-19-5-4-17(12(2)30-33)29-32(19)22)20-16(23)7-18-15(21(20)24)6-13(8-25-18)14-9-26-31(3)10-14/h4-12H,1-3H3/t11-,12?/m1/s1. The zero-order valence-electron chi connectivity index (χ0n) is 17.9. The molecular formula is C22H18F2N8O. The summed E-state index contributed by atoms with van der Waals surface area (Å²) in [5, 5.41) is 19.8. The molecule has 4 aromatic heterocycles. The molecule has 0 saturated heterocycles. The van der Waals surface area contributed by atoms with Gasteiger partial charge in [-0.2, -0.15) is 19.6 Å². The first-order chi connectivity index (χ1) is 15.9. The number of hydrogen-bond donors (Lipinski definition) is 0. The highest BCUT2D eigenvalue weighted by Crippen LogP contribution is 2.33. The molecule has 0 radical (unpaired) electrons. The van der Waals surface area contributed by atoms with Gasteiger partial charge >= 0.3 is 0 Å². The van der Waals surface area contributed by atoms with Gasteiger partial charge in [0.1, 0.15) is 17.7 Å². The number of fused-ring (bicyclic) bond motifs is 2. The van der Waals surface area contributed by atoms with Crippen molar-refractivity contribution in [1.82, 2.24) is 34.6 Å². The Balaban J connectivity index is 1.65. The van der Waals surface area contributed by atoms with Crippen LogP contribution in [0.1, 0.15) is 42.9 Å². The fourth-order valence-electron chi connectivity index (χ4n) is 3.83. The molecule has 166 valence electrons. The van der Waals surface area contributed by atoms with E-state index in [1.807, 2.05) is 0 Å². The largest absolute Gasteiger partial charge is 0.275 e. The summed E-state index contributed by atoms with van der Waals surface area (Å²) < 4.78 is 33.8. The van der Waals surface area contributed by atoms with Crippen molar-refractivity contribution in [1.29, 1.82) is 0 Å². The zero-order chi connectivity index (χ0) is 23.3. The number of halogens is 2.